The Balaban J connectivity index is 1.96. The Morgan fingerprint density at radius 3 is 2.65 bits per heavy atom. The Morgan fingerprint density at radius 2 is 1.96 bits per heavy atom. The second kappa shape index (κ2) is 7.82. The zero-order valence-corrected chi connectivity index (χ0v) is 14.9. The molecule has 0 spiro atoms. The minimum absolute atomic E-state index is 0.372. The molecule has 0 radical (unpaired) electrons. The third kappa shape index (κ3) is 3.59. The van der Waals surface area contributed by atoms with Gasteiger partial charge < -0.3 is 16.4 Å². The molecule has 6 heteroatoms. The Labute approximate surface area is 153 Å². The van der Waals surface area contributed by atoms with Crippen molar-refractivity contribution in [3.05, 3.63) is 59.4 Å². The number of aliphatic imine (C=N–C) groups is 1. The predicted octanol–water partition coefficient (Wildman–Crippen LogP) is 2.68. The highest BCUT2D eigenvalue weighted by atomic mass is 15.2. The van der Waals surface area contributed by atoms with Crippen molar-refractivity contribution in [3.63, 3.8) is 0 Å². The first-order valence-corrected chi connectivity index (χ1v) is 8.68. The summed E-state index contributed by atoms with van der Waals surface area (Å²) in [5.41, 5.74) is 15.9. The van der Waals surface area contributed by atoms with Gasteiger partial charge in [-0.3, -0.25) is 10.4 Å². The summed E-state index contributed by atoms with van der Waals surface area (Å²) in [6, 6.07) is 9.38. The van der Waals surface area contributed by atoms with Crippen molar-refractivity contribution in [1.29, 1.82) is 5.41 Å². The number of hydrogen-bond acceptors (Lipinski definition) is 6. The standard InChI is InChI=1S/C20H24N6/c1-24-13-16(12-21)14-4-5-18(22)17(10-14)20(23)15-6-7-25-19(11-15)26-8-2-3-9-26/h4-7,10-13,23H,2-3,8-9,21-22H2,1H3. The van der Waals surface area contributed by atoms with Gasteiger partial charge in [0.05, 0.1) is 5.71 Å². The van der Waals surface area contributed by atoms with Crippen LogP contribution in [-0.2, 0) is 0 Å². The number of benzene rings is 1. The van der Waals surface area contributed by atoms with E-state index >= 15 is 0 Å². The third-order valence-corrected chi connectivity index (χ3v) is 4.57. The van der Waals surface area contributed by atoms with Crippen molar-refractivity contribution in [3.8, 4) is 0 Å². The summed E-state index contributed by atoms with van der Waals surface area (Å²) in [5.74, 6) is 0.917. The lowest BCUT2D eigenvalue weighted by Gasteiger charge is -2.17. The van der Waals surface area contributed by atoms with Crippen molar-refractivity contribution in [2.45, 2.75) is 12.8 Å². The summed E-state index contributed by atoms with van der Waals surface area (Å²) >= 11 is 0. The molecule has 2 aromatic rings. The van der Waals surface area contributed by atoms with Crippen molar-refractivity contribution < 1.29 is 0 Å². The Hall–Kier alpha value is -3.15. The maximum absolute atomic E-state index is 8.66. The largest absolute Gasteiger partial charge is 0.404 e. The summed E-state index contributed by atoms with van der Waals surface area (Å²) in [7, 11) is 1.70. The van der Waals surface area contributed by atoms with Crippen molar-refractivity contribution in [1.82, 2.24) is 4.98 Å². The lowest BCUT2D eigenvalue weighted by atomic mass is 9.97. The molecule has 2 heterocycles. The number of rotatable bonds is 5. The molecule has 0 atom stereocenters. The number of nitrogens with zero attached hydrogens (tertiary/aromatic N) is 3. The monoisotopic (exact) mass is 348 g/mol. The molecule has 0 aliphatic carbocycles. The number of nitrogens with two attached hydrogens (primary N) is 2. The topological polar surface area (TPSA) is 104 Å². The fourth-order valence-electron chi connectivity index (χ4n) is 3.15. The molecule has 1 fully saturated rings. The molecule has 0 amide bonds. The smallest absolute Gasteiger partial charge is 0.129 e. The van der Waals surface area contributed by atoms with E-state index in [9.17, 15) is 0 Å². The molecule has 5 N–H and O–H groups in total. The van der Waals surface area contributed by atoms with Gasteiger partial charge in [-0.2, -0.15) is 0 Å². The minimum Gasteiger partial charge on any atom is -0.404 e. The first kappa shape index (κ1) is 17.7. The van der Waals surface area contributed by atoms with Gasteiger partial charge >= 0.3 is 0 Å². The van der Waals surface area contributed by atoms with Crippen LogP contribution < -0.4 is 16.4 Å². The number of nitrogen functional groups attached to an aromatic ring is 1. The van der Waals surface area contributed by atoms with Crippen LogP contribution >= 0.6 is 0 Å². The predicted molar refractivity (Wildman–Crippen MR) is 109 cm³/mol. The van der Waals surface area contributed by atoms with Crippen LogP contribution in [0, 0.1) is 5.41 Å². The molecule has 26 heavy (non-hydrogen) atoms. The summed E-state index contributed by atoms with van der Waals surface area (Å²) < 4.78 is 0. The molecule has 1 aliphatic rings. The highest BCUT2D eigenvalue weighted by Gasteiger charge is 2.16. The Morgan fingerprint density at radius 1 is 1.19 bits per heavy atom. The van der Waals surface area contributed by atoms with Gasteiger partial charge in [0, 0.05) is 61.1 Å². The summed E-state index contributed by atoms with van der Waals surface area (Å²) in [6.45, 7) is 2.03. The zero-order valence-electron chi connectivity index (χ0n) is 14.9. The number of allylic oxidation sites excluding steroid dienone is 1. The summed E-state index contributed by atoms with van der Waals surface area (Å²) in [4.78, 5) is 10.7. The number of pyridine rings is 1. The highest BCUT2D eigenvalue weighted by molar-refractivity contribution is 6.16. The third-order valence-electron chi connectivity index (χ3n) is 4.57. The lowest BCUT2D eigenvalue weighted by Crippen LogP contribution is -2.19. The minimum atomic E-state index is 0.372. The molecule has 1 aromatic carbocycles. The molecule has 0 bridgehead atoms. The van der Waals surface area contributed by atoms with Gasteiger partial charge in [0.15, 0.2) is 0 Å². The van der Waals surface area contributed by atoms with E-state index in [1.807, 2.05) is 24.3 Å². The average molecular weight is 348 g/mol. The van der Waals surface area contributed by atoms with Crippen LogP contribution in [-0.4, -0.2) is 37.0 Å². The van der Waals surface area contributed by atoms with Crippen LogP contribution in [0.3, 0.4) is 0 Å². The number of anilines is 2. The number of nitrogens with one attached hydrogen (secondary N) is 1. The maximum Gasteiger partial charge on any atom is 0.129 e. The lowest BCUT2D eigenvalue weighted by molar-refractivity contribution is 0.937. The second-order valence-electron chi connectivity index (χ2n) is 6.28. The van der Waals surface area contributed by atoms with Crippen LogP contribution in [0.15, 0.2) is 47.7 Å². The maximum atomic E-state index is 8.66. The van der Waals surface area contributed by atoms with Gasteiger partial charge in [0.1, 0.15) is 5.82 Å². The quantitative estimate of drug-likeness (QED) is 0.571. The van der Waals surface area contributed by atoms with Crippen molar-refractivity contribution >= 4 is 29.0 Å². The van der Waals surface area contributed by atoms with Gasteiger partial charge in [0.25, 0.3) is 0 Å². The molecule has 6 nitrogen and oxygen atoms in total. The molecular formula is C20H24N6. The van der Waals surface area contributed by atoms with Gasteiger partial charge in [-0.1, -0.05) is 6.07 Å². The first-order chi connectivity index (χ1) is 12.6. The van der Waals surface area contributed by atoms with Gasteiger partial charge in [-0.15, -0.1) is 0 Å². The summed E-state index contributed by atoms with van der Waals surface area (Å²) in [6.07, 6.45) is 7.32. The van der Waals surface area contributed by atoms with Crippen molar-refractivity contribution in [2.24, 2.45) is 10.7 Å². The van der Waals surface area contributed by atoms with Crippen LogP contribution in [0.25, 0.3) is 5.57 Å². The highest BCUT2D eigenvalue weighted by Crippen LogP contribution is 2.24. The fourth-order valence-corrected chi connectivity index (χ4v) is 3.15. The first-order valence-electron chi connectivity index (χ1n) is 8.68. The van der Waals surface area contributed by atoms with E-state index in [-0.39, 0.29) is 0 Å². The summed E-state index contributed by atoms with van der Waals surface area (Å²) in [5, 5.41) is 8.66. The molecule has 1 aromatic heterocycles. The number of hydrogen-bond donors (Lipinski definition) is 3. The van der Waals surface area contributed by atoms with Crippen LogP contribution in [0.4, 0.5) is 11.5 Å². The van der Waals surface area contributed by atoms with E-state index in [1.54, 1.807) is 25.5 Å². The fraction of sp³-hybridized carbons (Fsp3) is 0.250. The Bertz CT molecular complexity index is 862. The molecule has 3 rings (SSSR count). The van der Waals surface area contributed by atoms with E-state index in [0.29, 0.717) is 17.0 Å². The van der Waals surface area contributed by atoms with Crippen LogP contribution in [0.2, 0.25) is 0 Å². The molecule has 1 saturated heterocycles. The zero-order chi connectivity index (χ0) is 18.5. The van der Waals surface area contributed by atoms with Crippen LogP contribution in [0.1, 0.15) is 29.5 Å². The van der Waals surface area contributed by atoms with Gasteiger partial charge in [-0.05, 0) is 42.7 Å². The second-order valence-corrected chi connectivity index (χ2v) is 6.28. The van der Waals surface area contributed by atoms with E-state index < -0.39 is 0 Å². The van der Waals surface area contributed by atoms with Crippen LogP contribution in [0.5, 0.6) is 0 Å². The van der Waals surface area contributed by atoms with Gasteiger partial charge in [0.2, 0.25) is 0 Å². The van der Waals surface area contributed by atoms with E-state index in [0.717, 1.165) is 35.6 Å². The molecule has 134 valence electrons. The average Bonchev–Trinajstić information content (AvgIpc) is 3.21. The SMILES string of the molecule is CN=CC(=CN)c1ccc(N)c(C(=N)c2ccnc(N3CCCC3)c2)c1. The Kier molecular flexibility index (Phi) is 5.31. The van der Waals surface area contributed by atoms with E-state index in [1.165, 1.54) is 19.0 Å². The van der Waals surface area contributed by atoms with Gasteiger partial charge in [-0.25, -0.2) is 4.98 Å². The molecular weight excluding hydrogens is 324 g/mol. The van der Waals surface area contributed by atoms with E-state index in [2.05, 4.69) is 14.9 Å². The van der Waals surface area contributed by atoms with Crippen molar-refractivity contribution in [2.75, 3.05) is 30.8 Å². The van der Waals surface area contributed by atoms with E-state index in [4.69, 9.17) is 16.9 Å². The number of aromatic nitrogens is 1. The molecule has 0 unspecified atom stereocenters. The normalized spacial score (nSPS) is 15.0. The molecule has 0 saturated carbocycles. The molecule has 1 aliphatic heterocycles.